The lowest BCUT2D eigenvalue weighted by molar-refractivity contribution is -0.149. The van der Waals surface area contributed by atoms with E-state index in [1.807, 2.05) is 30.3 Å². The molecule has 1 aromatic rings. The molecule has 140 valence electrons. The van der Waals surface area contributed by atoms with Crippen molar-refractivity contribution in [3.63, 3.8) is 0 Å². The summed E-state index contributed by atoms with van der Waals surface area (Å²) >= 11 is 0. The zero-order valence-electron chi connectivity index (χ0n) is 14.9. The van der Waals surface area contributed by atoms with Crippen molar-refractivity contribution in [1.29, 1.82) is 0 Å². The van der Waals surface area contributed by atoms with Gasteiger partial charge < -0.3 is 14.7 Å². The molecule has 1 saturated heterocycles. The van der Waals surface area contributed by atoms with Crippen LogP contribution in [0.25, 0.3) is 0 Å². The van der Waals surface area contributed by atoms with Gasteiger partial charge in [-0.2, -0.15) is 0 Å². The normalized spacial score (nSPS) is 22.2. The molecule has 6 heteroatoms. The molecule has 0 aliphatic carbocycles. The minimum atomic E-state index is -3.29. The van der Waals surface area contributed by atoms with Gasteiger partial charge in [-0.05, 0) is 51.0 Å². The van der Waals surface area contributed by atoms with Crippen LogP contribution in [0, 0.1) is 5.41 Å². The van der Waals surface area contributed by atoms with Crippen molar-refractivity contribution >= 4 is 13.3 Å². The van der Waals surface area contributed by atoms with Gasteiger partial charge in [0, 0.05) is 18.9 Å². The average Bonchev–Trinajstić information content (AvgIpc) is 3.06. The highest BCUT2D eigenvalue weighted by molar-refractivity contribution is 7.57. The van der Waals surface area contributed by atoms with E-state index < -0.39 is 18.8 Å². The maximum Gasteiger partial charge on any atom is 0.309 e. The number of hydrogen-bond acceptors (Lipinski definition) is 3. The molecule has 0 amide bonds. The Balaban J connectivity index is 1.83. The Kier molecular flexibility index (Phi) is 7.24. The van der Waals surface area contributed by atoms with Crippen molar-refractivity contribution in [3.05, 3.63) is 35.9 Å². The van der Waals surface area contributed by atoms with Gasteiger partial charge >= 0.3 is 5.97 Å². The molecule has 2 N–H and O–H groups in total. The van der Waals surface area contributed by atoms with Crippen LogP contribution in [0.2, 0.25) is 0 Å². The standard InChI is InChI=1S/C19H29O5P/c1-19(18(20)21,12-10-17-9-5-13-24-17)11-6-14-25(22,23)15-16-7-3-2-4-8-16/h2-4,7-8,17H,5-6,9-15H2,1H3,(H,20,21)(H,22,23). The largest absolute Gasteiger partial charge is 0.481 e. The molecule has 3 unspecified atom stereocenters. The molecule has 0 radical (unpaired) electrons. The van der Waals surface area contributed by atoms with E-state index in [0.29, 0.717) is 19.3 Å². The molecule has 1 aromatic carbocycles. The van der Waals surface area contributed by atoms with Gasteiger partial charge in [-0.1, -0.05) is 30.3 Å². The van der Waals surface area contributed by atoms with Gasteiger partial charge in [-0.15, -0.1) is 0 Å². The van der Waals surface area contributed by atoms with Crippen LogP contribution >= 0.6 is 7.37 Å². The molecular weight excluding hydrogens is 339 g/mol. The van der Waals surface area contributed by atoms with Crippen LogP contribution in [-0.2, 0) is 20.3 Å². The van der Waals surface area contributed by atoms with E-state index in [9.17, 15) is 19.4 Å². The van der Waals surface area contributed by atoms with Crippen LogP contribution in [0.15, 0.2) is 30.3 Å². The number of carbonyl (C=O) groups is 1. The number of rotatable bonds is 10. The Morgan fingerprint density at radius 3 is 2.64 bits per heavy atom. The second-order valence-corrected chi connectivity index (χ2v) is 9.81. The lowest BCUT2D eigenvalue weighted by Crippen LogP contribution is -2.29. The van der Waals surface area contributed by atoms with Crippen molar-refractivity contribution in [2.75, 3.05) is 12.8 Å². The third-order valence-electron chi connectivity index (χ3n) is 5.07. The highest BCUT2D eigenvalue weighted by Gasteiger charge is 2.34. The first-order valence-electron chi connectivity index (χ1n) is 9.00. The molecule has 1 aliphatic rings. The lowest BCUT2D eigenvalue weighted by Gasteiger charge is -2.26. The Morgan fingerprint density at radius 1 is 1.32 bits per heavy atom. The highest BCUT2D eigenvalue weighted by atomic mass is 31.2. The summed E-state index contributed by atoms with van der Waals surface area (Å²) in [5.41, 5.74) is -0.0219. The first-order valence-corrected chi connectivity index (χ1v) is 11.0. The third-order valence-corrected chi connectivity index (χ3v) is 6.94. The van der Waals surface area contributed by atoms with E-state index in [1.54, 1.807) is 6.92 Å². The molecular formula is C19H29O5P. The summed E-state index contributed by atoms with van der Waals surface area (Å²) in [5, 5.41) is 9.60. The van der Waals surface area contributed by atoms with Gasteiger partial charge in [-0.25, -0.2) is 0 Å². The number of hydrogen-bond donors (Lipinski definition) is 2. The molecule has 5 nitrogen and oxygen atoms in total. The minimum absolute atomic E-state index is 0.146. The van der Waals surface area contributed by atoms with Crippen LogP contribution in [0.1, 0.15) is 51.0 Å². The van der Waals surface area contributed by atoms with Crippen LogP contribution in [0.5, 0.6) is 0 Å². The molecule has 3 atom stereocenters. The number of carboxylic acids is 1. The second kappa shape index (κ2) is 8.98. The summed E-state index contributed by atoms with van der Waals surface area (Å²) in [6.07, 6.45) is 4.65. The van der Waals surface area contributed by atoms with Crippen molar-refractivity contribution in [1.82, 2.24) is 0 Å². The molecule has 0 bridgehead atoms. The number of benzene rings is 1. The maximum atomic E-state index is 12.4. The molecule has 25 heavy (non-hydrogen) atoms. The average molecular weight is 368 g/mol. The smallest absolute Gasteiger partial charge is 0.309 e. The van der Waals surface area contributed by atoms with Gasteiger partial charge in [0.15, 0.2) is 0 Å². The van der Waals surface area contributed by atoms with Crippen LogP contribution < -0.4 is 0 Å². The van der Waals surface area contributed by atoms with Crippen molar-refractivity contribution in [2.45, 2.75) is 57.7 Å². The molecule has 2 rings (SSSR count). The maximum absolute atomic E-state index is 12.4. The van der Waals surface area contributed by atoms with Crippen LogP contribution in [0.3, 0.4) is 0 Å². The van der Waals surface area contributed by atoms with Gasteiger partial charge in [0.2, 0.25) is 7.37 Å². The van der Waals surface area contributed by atoms with Crippen LogP contribution in [-0.4, -0.2) is 34.8 Å². The summed E-state index contributed by atoms with van der Waals surface area (Å²) in [6, 6.07) is 9.25. The zero-order valence-corrected chi connectivity index (χ0v) is 15.8. The molecule has 0 spiro atoms. The Bertz CT molecular complexity index is 597. The Labute approximate surface area is 149 Å². The van der Waals surface area contributed by atoms with E-state index >= 15 is 0 Å². The van der Waals surface area contributed by atoms with Crippen molar-refractivity contribution in [2.24, 2.45) is 5.41 Å². The predicted octanol–water partition coefficient (Wildman–Crippen LogP) is 4.29. The second-order valence-electron chi connectivity index (χ2n) is 7.36. The van der Waals surface area contributed by atoms with E-state index in [4.69, 9.17) is 4.74 Å². The van der Waals surface area contributed by atoms with E-state index in [0.717, 1.165) is 31.4 Å². The van der Waals surface area contributed by atoms with Gasteiger partial charge in [-0.3, -0.25) is 9.36 Å². The molecule has 0 aromatic heterocycles. The Hall–Kier alpha value is -1.16. The van der Waals surface area contributed by atoms with E-state index in [2.05, 4.69) is 0 Å². The molecule has 1 heterocycles. The molecule has 1 fully saturated rings. The lowest BCUT2D eigenvalue weighted by atomic mass is 9.80. The highest BCUT2D eigenvalue weighted by Crippen LogP contribution is 2.46. The minimum Gasteiger partial charge on any atom is -0.481 e. The fourth-order valence-corrected chi connectivity index (χ4v) is 4.95. The fraction of sp³-hybridized carbons (Fsp3) is 0.632. The number of carboxylic acid groups (broad SMARTS) is 1. The summed E-state index contributed by atoms with van der Waals surface area (Å²) in [7, 11) is -3.29. The quantitative estimate of drug-likeness (QED) is 0.602. The summed E-state index contributed by atoms with van der Waals surface area (Å²) in [5.74, 6) is -0.832. The van der Waals surface area contributed by atoms with Crippen molar-refractivity contribution in [3.8, 4) is 0 Å². The summed E-state index contributed by atoms with van der Waals surface area (Å²) in [4.78, 5) is 21.9. The van der Waals surface area contributed by atoms with Gasteiger partial charge in [0.25, 0.3) is 0 Å². The number of ether oxygens (including phenoxy) is 1. The predicted molar refractivity (Wildman–Crippen MR) is 98.0 cm³/mol. The first-order chi connectivity index (χ1) is 11.8. The van der Waals surface area contributed by atoms with Gasteiger partial charge in [0.1, 0.15) is 0 Å². The topological polar surface area (TPSA) is 83.8 Å². The van der Waals surface area contributed by atoms with Crippen molar-refractivity contribution < 1.29 is 24.1 Å². The van der Waals surface area contributed by atoms with Gasteiger partial charge in [0.05, 0.1) is 11.5 Å². The third kappa shape index (κ3) is 6.58. The SMILES string of the molecule is CC(CCCP(=O)(O)Cc1ccccc1)(CCC1CCCO1)C(=O)O. The summed E-state index contributed by atoms with van der Waals surface area (Å²) in [6.45, 7) is 2.51. The van der Waals surface area contributed by atoms with E-state index in [1.165, 1.54) is 0 Å². The number of aliphatic carboxylic acids is 1. The summed E-state index contributed by atoms with van der Waals surface area (Å²) < 4.78 is 18.0. The Morgan fingerprint density at radius 2 is 2.04 bits per heavy atom. The first kappa shape index (κ1) is 20.2. The zero-order chi connectivity index (χ0) is 18.3. The van der Waals surface area contributed by atoms with E-state index in [-0.39, 0.29) is 18.4 Å². The molecule has 1 aliphatic heterocycles. The molecule has 0 saturated carbocycles. The van der Waals surface area contributed by atoms with Crippen LogP contribution in [0.4, 0.5) is 0 Å². The fourth-order valence-electron chi connectivity index (χ4n) is 3.35. The monoisotopic (exact) mass is 368 g/mol.